The molecule has 3 fully saturated rings. The van der Waals surface area contributed by atoms with Gasteiger partial charge in [-0.15, -0.1) is 0 Å². The smallest absolute Gasteiger partial charge is 0.0635 e. The van der Waals surface area contributed by atoms with Crippen LogP contribution in [0.3, 0.4) is 0 Å². The number of fused-ring (bicyclic) bond motifs is 6. The molecule has 150 valence electrons. The van der Waals surface area contributed by atoms with Crippen LogP contribution in [0.1, 0.15) is 83.9 Å². The van der Waals surface area contributed by atoms with Crippen molar-refractivity contribution in [2.45, 2.75) is 97.7 Å². The first-order chi connectivity index (χ1) is 13.0. The standard InChI is InChI=1S/C24H38N2O/c1-5-15(2)27-22-9-8-19-18-7-6-17-12-21-16(14-25-26-21)13-24(17,4)20(18)10-11-23(19,22)3/h14-15,17-20,22H,5-13H2,1-4H3,(H,25,26)/t15?,17-,18-,19-,20-,22-,23-,24-/m0/s1. The van der Waals surface area contributed by atoms with Gasteiger partial charge in [0.05, 0.1) is 18.4 Å². The van der Waals surface area contributed by atoms with Crippen LogP contribution in [0.25, 0.3) is 0 Å². The highest BCUT2D eigenvalue weighted by atomic mass is 16.5. The van der Waals surface area contributed by atoms with Crippen LogP contribution in [-0.2, 0) is 17.6 Å². The summed E-state index contributed by atoms with van der Waals surface area (Å²) in [5.41, 5.74) is 3.84. The van der Waals surface area contributed by atoms with E-state index in [0.29, 0.717) is 23.0 Å². The zero-order valence-corrected chi connectivity index (χ0v) is 17.8. The fraction of sp³-hybridized carbons (Fsp3) is 0.875. The summed E-state index contributed by atoms with van der Waals surface area (Å²) in [5.74, 6) is 3.56. The molecule has 1 unspecified atom stereocenters. The Bertz CT molecular complexity index is 698. The van der Waals surface area contributed by atoms with Crippen molar-refractivity contribution < 1.29 is 4.74 Å². The number of aromatic nitrogens is 2. The predicted octanol–water partition coefficient (Wildman–Crippen LogP) is 5.55. The van der Waals surface area contributed by atoms with Gasteiger partial charge in [0.25, 0.3) is 0 Å². The topological polar surface area (TPSA) is 37.9 Å². The lowest BCUT2D eigenvalue weighted by Crippen LogP contribution is -2.55. The van der Waals surface area contributed by atoms with Crippen LogP contribution in [0.15, 0.2) is 6.20 Å². The minimum Gasteiger partial charge on any atom is -0.375 e. The van der Waals surface area contributed by atoms with Crippen LogP contribution in [0.2, 0.25) is 0 Å². The Labute approximate surface area is 165 Å². The lowest BCUT2D eigenvalue weighted by Gasteiger charge is -2.60. The second-order valence-electron chi connectivity index (χ2n) is 10.9. The van der Waals surface area contributed by atoms with Gasteiger partial charge in [0.15, 0.2) is 0 Å². The van der Waals surface area contributed by atoms with Crippen molar-refractivity contribution in [1.82, 2.24) is 10.2 Å². The molecule has 1 heterocycles. The van der Waals surface area contributed by atoms with Crippen molar-refractivity contribution in [1.29, 1.82) is 0 Å². The highest BCUT2D eigenvalue weighted by Gasteiger charge is 2.60. The molecule has 0 aliphatic heterocycles. The summed E-state index contributed by atoms with van der Waals surface area (Å²) >= 11 is 0. The van der Waals surface area contributed by atoms with E-state index in [-0.39, 0.29) is 0 Å². The Morgan fingerprint density at radius 3 is 2.78 bits per heavy atom. The fourth-order valence-electron chi connectivity index (χ4n) is 8.02. The molecule has 0 bridgehead atoms. The number of nitrogens with one attached hydrogen (secondary N) is 1. The maximum Gasteiger partial charge on any atom is 0.0635 e. The van der Waals surface area contributed by atoms with Crippen molar-refractivity contribution >= 4 is 0 Å². The van der Waals surface area contributed by atoms with Gasteiger partial charge in [-0.25, -0.2) is 0 Å². The monoisotopic (exact) mass is 370 g/mol. The molecule has 1 N–H and O–H groups in total. The molecule has 0 spiro atoms. The van der Waals surface area contributed by atoms with Gasteiger partial charge in [-0.1, -0.05) is 20.8 Å². The Kier molecular flexibility index (Phi) is 4.28. The molecule has 8 atom stereocenters. The van der Waals surface area contributed by atoms with E-state index in [4.69, 9.17) is 4.74 Å². The van der Waals surface area contributed by atoms with Gasteiger partial charge in [0.1, 0.15) is 0 Å². The summed E-state index contributed by atoms with van der Waals surface area (Å²) in [4.78, 5) is 0. The number of ether oxygens (including phenoxy) is 1. The Balaban J connectivity index is 1.41. The van der Waals surface area contributed by atoms with E-state index in [1.54, 1.807) is 0 Å². The van der Waals surface area contributed by atoms with E-state index in [2.05, 4.69) is 44.1 Å². The highest BCUT2D eigenvalue weighted by molar-refractivity contribution is 5.25. The van der Waals surface area contributed by atoms with Crippen molar-refractivity contribution in [2.24, 2.45) is 34.5 Å². The lowest BCUT2D eigenvalue weighted by molar-refractivity contribution is -0.134. The van der Waals surface area contributed by atoms with Gasteiger partial charge in [-0.3, -0.25) is 5.10 Å². The summed E-state index contributed by atoms with van der Waals surface area (Å²) in [5, 5.41) is 7.65. The van der Waals surface area contributed by atoms with Crippen molar-refractivity contribution in [3.63, 3.8) is 0 Å². The molecule has 0 radical (unpaired) electrons. The highest BCUT2D eigenvalue weighted by Crippen LogP contribution is 2.66. The normalized spacial score (nSPS) is 46.9. The quantitative estimate of drug-likeness (QED) is 0.757. The number of rotatable bonds is 3. The fourth-order valence-corrected chi connectivity index (χ4v) is 8.02. The van der Waals surface area contributed by atoms with Crippen molar-refractivity contribution in [3.8, 4) is 0 Å². The van der Waals surface area contributed by atoms with E-state index < -0.39 is 0 Å². The van der Waals surface area contributed by atoms with E-state index >= 15 is 0 Å². The largest absolute Gasteiger partial charge is 0.375 e. The van der Waals surface area contributed by atoms with Crippen LogP contribution in [0.5, 0.6) is 0 Å². The zero-order valence-electron chi connectivity index (χ0n) is 17.8. The molecular weight excluding hydrogens is 332 g/mol. The van der Waals surface area contributed by atoms with E-state index in [1.807, 2.05) is 0 Å². The van der Waals surface area contributed by atoms with Crippen molar-refractivity contribution in [2.75, 3.05) is 0 Å². The molecule has 0 aromatic carbocycles. The van der Waals surface area contributed by atoms with Crippen LogP contribution in [0.4, 0.5) is 0 Å². The van der Waals surface area contributed by atoms with Gasteiger partial charge in [0, 0.05) is 5.69 Å². The number of nitrogens with zero attached hydrogens (tertiary/aromatic N) is 1. The average Bonchev–Trinajstić information content (AvgIpc) is 3.23. The lowest BCUT2D eigenvalue weighted by atomic mass is 9.45. The first-order valence-corrected chi connectivity index (χ1v) is 11.6. The molecule has 5 rings (SSSR count). The minimum absolute atomic E-state index is 0.411. The van der Waals surface area contributed by atoms with Crippen LogP contribution >= 0.6 is 0 Å². The first-order valence-electron chi connectivity index (χ1n) is 11.6. The second-order valence-corrected chi connectivity index (χ2v) is 10.9. The molecule has 4 aliphatic carbocycles. The number of H-pyrrole nitrogens is 1. The number of hydrogen-bond acceptors (Lipinski definition) is 2. The van der Waals surface area contributed by atoms with E-state index in [1.165, 1.54) is 62.6 Å². The maximum absolute atomic E-state index is 6.57. The van der Waals surface area contributed by atoms with Crippen LogP contribution in [0, 0.1) is 34.5 Å². The molecule has 3 saturated carbocycles. The molecule has 4 aliphatic rings. The third-order valence-electron chi connectivity index (χ3n) is 9.78. The number of aromatic amines is 1. The van der Waals surface area contributed by atoms with E-state index in [9.17, 15) is 0 Å². The Morgan fingerprint density at radius 1 is 1.15 bits per heavy atom. The summed E-state index contributed by atoms with van der Waals surface area (Å²) in [6, 6.07) is 0. The van der Waals surface area contributed by atoms with Gasteiger partial charge in [-0.05, 0) is 105 Å². The first kappa shape index (κ1) is 18.2. The van der Waals surface area contributed by atoms with Gasteiger partial charge >= 0.3 is 0 Å². The molecule has 27 heavy (non-hydrogen) atoms. The van der Waals surface area contributed by atoms with Gasteiger partial charge < -0.3 is 4.74 Å². The molecular formula is C24H38N2O. The molecule has 1 aromatic heterocycles. The summed E-state index contributed by atoms with van der Waals surface area (Å²) < 4.78 is 6.57. The summed E-state index contributed by atoms with van der Waals surface area (Å²) in [7, 11) is 0. The number of hydrogen-bond donors (Lipinski definition) is 1. The predicted molar refractivity (Wildman–Crippen MR) is 108 cm³/mol. The van der Waals surface area contributed by atoms with Crippen LogP contribution in [-0.4, -0.2) is 22.4 Å². The molecule has 0 amide bonds. The van der Waals surface area contributed by atoms with Crippen molar-refractivity contribution in [3.05, 3.63) is 17.5 Å². The third-order valence-corrected chi connectivity index (χ3v) is 9.78. The average molecular weight is 371 g/mol. The minimum atomic E-state index is 0.411. The van der Waals surface area contributed by atoms with Gasteiger partial charge in [-0.2, -0.15) is 5.10 Å². The summed E-state index contributed by atoms with van der Waals surface area (Å²) in [6.45, 7) is 9.73. The maximum atomic E-state index is 6.57. The van der Waals surface area contributed by atoms with Crippen LogP contribution < -0.4 is 0 Å². The third kappa shape index (κ3) is 2.59. The Morgan fingerprint density at radius 2 is 1.96 bits per heavy atom. The zero-order chi connectivity index (χ0) is 18.8. The Hall–Kier alpha value is -0.830. The second kappa shape index (κ2) is 6.34. The SMILES string of the molecule is CCC(C)O[C@H]1CC[C@H]2[C@@H]3CC[C@H]4Cc5[nH]ncc5C[C@]4(C)[C@H]3CC[C@]12C. The molecule has 0 saturated heterocycles. The molecule has 3 nitrogen and oxygen atoms in total. The molecule has 3 heteroatoms. The van der Waals surface area contributed by atoms with Gasteiger partial charge in [0.2, 0.25) is 0 Å². The summed E-state index contributed by atoms with van der Waals surface area (Å²) in [6.07, 6.45) is 15.0. The molecule has 1 aromatic rings. The van der Waals surface area contributed by atoms with E-state index in [0.717, 1.165) is 30.1 Å².